The third kappa shape index (κ3) is 4.83. The highest BCUT2D eigenvalue weighted by molar-refractivity contribution is 5.83. The van der Waals surface area contributed by atoms with Gasteiger partial charge in [-0.1, -0.05) is 26.3 Å². The van der Waals surface area contributed by atoms with E-state index < -0.39 is 6.10 Å². The number of Topliss-reactive ketones (excluding diaryl/α,β-unsaturated/α-hetero) is 1. The third-order valence-corrected chi connectivity index (χ3v) is 1.92. The molecule has 0 aliphatic heterocycles. The molecule has 1 unspecified atom stereocenters. The zero-order valence-corrected chi connectivity index (χ0v) is 9.05. The van der Waals surface area contributed by atoms with E-state index in [2.05, 4.69) is 6.58 Å². The summed E-state index contributed by atoms with van der Waals surface area (Å²) in [6, 6.07) is 0. The standard InChI is InChI=1S/C11H20O2/c1-8(2)6-7-9(12)10(13)11(3,4)5/h10,13H,1,6-7H2,2-5H3. The highest BCUT2D eigenvalue weighted by Crippen LogP contribution is 2.21. The molecule has 0 radical (unpaired) electrons. The van der Waals surface area contributed by atoms with E-state index in [0.29, 0.717) is 12.8 Å². The highest BCUT2D eigenvalue weighted by atomic mass is 16.3. The first kappa shape index (κ1) is 12.4. The average Bonchev–Trinajstić information content (AvgIpc) is 1.96. The number of rotatable bonds is 4. The number of carbonyl (C=O) groups excluding carboxylic acids is 1. The molecule has 0 saturated heterocycles. The normalized spacial score (nSPS) is 13.9. The van der Waals surface area contributed by atoms with Crippen LogP contribution in [0.25, 0.3) is 0 Å². The van der Waals surface area contributed by atoms with Gasteiger partial charge in [-0.2, -0.15) is 0 Å². The zero-order valence-electron chi connectivity index (χ0n) is 9.05. The van der Waals surface area contributed by atoms with E-state index in [4.69, 9.17) is 0 Å². The van der Waals surface area contributed by atoms with Crippen molar-refractivity contribution in [1.82, 2.24) is 0 Å². The molecular formula is C11H20O2. The van der Waals surface area contributed by atoms with Crippen molar-refractivity contribution in [2.24, 2.45) is 5.41 Å². The first-order valence-corrected chi connectivity index (χ1v) is 4.60. The van der Waals surface area contributed by atoms with Crippen molar-refractivity contribution < 1.29 is 9.90 Å². The van der Waals surface area contributed by atoms with Crippen molar-refractivity contribution in [2.45, 2.75) is 46.6 Å². The summed E-state index contributed by atoms with van der Waals surface area (Å²) in [5, 5.41) is 9.59. The van der Waals surface area contributed by atoms with Gasteiger partial charge in [0, 0.05) is 6.42 Å². The number of hydrogen-bond acceptors (Lipinski definition) is 2. The monoisotopic (exact) mass is 184 g/mol. The first-order valence-electron chi connectivity index (χ1n) is 4.60. The number of hydrogen-bond donors (Lipinski definition) is 1. The lowest BCUT2D eigenvalue weighted by atomic mass is 9.85. The molecule has 1 atom stereocenters. The SMILES string of the molecule is C=C(C)CCC(=O)C(O)C(C)(C)C. The maximum absolute atomic E-state index is 11.4. The predicted molar refractivity (Wildman–Crippen MR) is 54.5 cm³/mol. The molecule has 0 aromatic rings. The summed E-state index contributed by atoms with van der Waals surface area (Å²) in [7, 11) is 0. The van der Waals surface area contributed by atoms with Gasteiger partial charge in [0.05, 0.1) is 0 Å². The molecule has 0 fully saturated rings. The number of aliphatic hydroxyl groups is 1. The molecule has 2 nitrogen and oxygen atoms in total. The van der Waals surface area contributed by atoms with Gasteiger partial charge in [0.1, 0.15) is 6.10 Å². The molecule has 0 aromatic carbocycles. The fraction of sp³-hybridized carbons (Fsp3) is 0.727. The summed E-state index contributed by atoms with van der Waals surface area (Å²) in [4.78, 5) is 11.4. The van der Waals surface area contributed by atoms with Gasteiger partial charge in [0.15, 0.2) is 5.78 Å². The van der Waals surface area contributed by atoms with E-state index >= 15 is 0 Å². The lowest BCUT2D eigenvalue weighted by Crippen LogP contribution is -2.34. The maximum atomic E-state index is 11.4. The molecule has 0 aliphatic carbocycles. The van der Waals surface area contributed by atoms with Crippen molar-refractivity contribution in [3.8, 4) is 0 Å². The minimum atomic E-state index is -0.855. The fourth-order valence-corrected chi connectivity index (χ4v) is 0.956. The van der Waals surface area contributed by atoms with Crippen molar-refractivity contribution >= 4 is 5.78 Å². The number of allylic oxidation sites excluding steroid dienone is 1. The number of aliphatic hydroxyl groups excluding tert-OH is 1. The minimum Gasteiger partial charge on any atom is -0.385 e. The Morgan fingerprint density at radius 2 is 1.85 bits per heavy atom. The molecule has 2 heteroatoms. The first-order chi connectivity index (χ1) is 5.75. The molecule has 0 amide bonds. The van der Waals surface area contributed by atoms with Gasteiger partial charge in [-0.3, -0.25) is 4.79 Å². The van der Waals surface area contributed by atoms with Crippen LogP contribution in [-0.4, -0.2) is 17.0 Å². The molecule has 0 aromatic heterocycles. The molecule has 0 rings (SSSR count). The van der Waals surface area contributed by atoms with Gasteiger partial charge in [0.25, 0.3) is 0 Å². The van der Waals surface area contributed by atoms with Gasteiger partial charge in [-0.15, -0.1) is 6.58 Å². The van der Waals surface area contributed by atoms with Crippen LogP contribution < -0.4 is 0 Å². The lowest BCUT2D eigenvalue weighted by Gasteiger charge is -2.24. The van der Waals surface area contributed by atoms with Crippen LogP contribution in [0.15, 0.2) is 12.2 Å². The summed E-state index contributed by atoms with van der Waals surface area (Å²) in [5.74, 6) is -0.0875. The van der Waals surface area contributed by atoms with Crippen LogP contribution in [0, 0.1) is 5.41 Å². The van der Waals surface area contributed by atoms with E-state index in [1.807, 2.05) is 27.7 Å². The Labute approximate surface area is 80.7 Å². The second-order valence-corrected chi connectivity index (χ2v) is 4.69. The molecule has 0 bridgehead atoms. The second kappa shape index (κ2) is 4.56. The van der Waals surface area contributed by atoms with E-state index in [-0.39, 0.29) is 11.2 Å². The van der Waals surface area contributed by atoms with E-state index in [9.17, 15) is 9.90 Å². The number of carbonyl (C=O) groups is 1. The highest BCUT2D eigenvalue weighted by Gasteiger charge is 2.27. The molecule has 1 N–H and O–H groups in total. The van der Waals surface area contributed by atoms with Crippen LogP contribution in [0.3, 0.4) is 0 Å². The van der Waals surface area contributed by atoms with Gasteiger partial charge < -0.3 is 5.11 Å². The van der Waals surface area contributed by atoms with Crippen LogP contribution in [0.5, 0.6) is 0 Å². The van der Waals surface area contributed by atoms with Gasteiger partial charge in [-0.05, 0) is 18.8 Å². The lowest BCUT2D eigenvalue weighted by molar-refractivity contribution is -0.132. The largest absolute Gasteiger partial charge is 0.385 e. The molecular weight excluding hydrogens is 164 g/mol. The van der Waals surface area contributed by atoms with Crippen LogP contribution in [0.1, 0.15) is 40.5 Å². The van der Waals surface area contributed by atoms with Gasteiger partial charge >= 0.3 is 0 Å². The number of ketones is 1. The topological polar surface area (TPSA) is 37.3 Å². The van der Waals surface area contributed by atoms with Crippen LogP contribution in [0.4, 0.5) is 0 Å². The van der Waals surface area contributed by atoms with E-state index in [0.717, 1.165) is 5.57 Å². The minimum absolute atomic E-state index is 0.0875. The zero-order chi connectivity index (χ0) is 10.6. The van der Waals surface area contributed by atoms with Gasteiger partial charge in [-0.25, -0.2) is 0 Å². The Balaban J connectivity index is 4.05. The van der Waals surface area contributed by atoms with Crippen molar-refractivity contribution in [2.75, 3.05) is 0 Å². The van der Waals surface area contributed by atoms with Crippen molar-refractivity contribution in [1.29, 1.82) is 0 Å². The summed E-state index contributed by atoms with van der Waals surface area (Å²) in [5.41, 5.74) is 0.626. The van der Waals surface area contributed by atoms with E-state index in [1.165, 1.54) is 0 Å². The molecule has 0 aliphatic rings. The Kier molecular flexibility index (Phi) is 4.34. The quantitative estimate of drug-likeness (QED) is 0.681. The van der Waals surface area contributed by atoms with Crippen molar-refractivity contribution in [3.05, 3.63) is 12.2 Å². The van der Waals surface area contributed by atoms with Crippen LogP contribution in [0.2, 0.25) is 0 Å². The average molecular weight is 184 g/mol. The fourth-order valence-electron chi connectivity index (χ4n) is 0.956. The summed E-state index contributed by atoms with van der Waals surface area (Å²) >= 11 is 0. The molecule has 0 heterocycles. The maximum Gasteiger partial charge on any atom is 0.162 e. The van der Waals surface area contributed by atoms with Crippen LogP contribution >= 0.6 is 0 Å². The smallest absolute Gasteiger partial charge is 0.162 e. The van der Waals surface area contributed by atoms with Crippen molar-refractivity contribution in [3.63, 3.8) is 0 Å². The Bertz CT molecular complexity index is 199. The molecule has 0 saturated carbocycles. The molecule has 76 valence electrons. The molecule has 0 spiro atoms. The molecule has 13 heavy (non-hydrogen) atoms. The van der Waals surface area contributed by atoms with Gasteiger partial charge in [0.2, 0.25) is 0 Å². The third-order valence-electron chi connectivity index (χ3n) is 1.92. The summed E-state index contributed by atoms with van der Waals surface area (Å²) in [6.07, 6.45) is 0.214. The van der Waals surface area contributed by atoms with E-state index in [1.54, 1.807) is 0 Å². The second-order valence-electron chi connectivity index (χ2n) is 4.69. The summed E-state index contributed by atoms with van der Waals surface area (Å²) < 4.78 is 0. The Hall–Kier alpha value is -0.630. The summed E-state index contributed by atoms with van der Waals surface area (Å²) in [6.45, 7) is 11.2. The predicted octanol–water partition coefficient (Wildman–Crippen LogP) is 2.32. The van der Waals surface area contributed by atoms with Crippen LogP contribution in [-0.2, 0) is 4.79 Å². The Morgan fingerprint density at radius 3 is 2.15 bits per heavy atom. The Morgan fingerprint density at radius 1 is 1.38 bits per heavy atom.